The third-order valence-corrected chi connectivity index (χ3v) is 3.89. The second-order valence-corrected chi connectivity index (χ2v) is 6.99. The van der Waals surface area contributed by atoms with Crippen LogP contribution in [-0.2, 0) is 20.9 Å². The largest absolute Gasteiger partial charge is 0.439 e. The molecule has 0 aliphatic carbocycles. The fraction of sp³-hybridized carbons (Fsp3) is 0.188. The van der Waals surface area contributed by atoms with Crippen LogP contribution in [0, 0.1) is 0 Å². The Labute approximate surface area is 144 Å². The molecule has 0 saturated heterocycles. The van der Waals surface area contributed by atoms with Gasteiger partial charge in [-0.3, -0.25) is 13.5 Å². The minimum Gasteiger partial charge on any atom is -0.439 e. The number of carbonyl (C=O) groups is 1. The number of ether oxygens (including phenoxy) is 1. The molecule has 2 aromatic heterocycles. The van der Waals surface area contributed by atoms with Crippen molar-refractivity contribution in [1.29, 1.82) is 0 Å². The van der Waals surface area contributed by atoms with Gasteiger partial charge in [-0.2, -0.15) is 8.42 Å². The molecule has 1 aromatic carbocycles. The molecule has 9 heteroatoms. The van der Waals surface area contributed by atoms with E-state index in [0.29, 0.717) is 11.4 Å². The maximum absolute atomic E-state index is 11.5. The highest BCUT2D eigenvalue weighted by molar-refractivity contribution is 7.85. The number of aromatic nitrogens is 3. The Hall–Kier alpha value is -2.78. The quantitative estimate of drug-likeness (QED) is 0.643. The zero-order valence-electron chi connectivity index (χ0n) is 13.5. The highest BCUT2D eigenvalue weighted by Gasteiger charge is 2.09. The van der Waals surface area contributed by atoms with Gasteiger partial charge in [-0.05, 0) is 24.3 Å². The molecule has 25 heavy (non-hydrogen) atoms. The van der Waals surface area contributed by atoms with E-state index in [2.05, 4.69) is 9.97 Å². The van der Waals surface area contributed by atoms with Gasteiger partial charge in [0.25, 0.3) is 10.1 Å². The molecule has 0 radical (unpaired) electrons. The molecule has 0 spiro atoms. The van der Waals surface area contributed by atoms with Gasteiger partial charge in [-0.1, -0.05) is 0 Å². The number of rotatable bonds is 5. The Morgan fingerprint density at radius 3 is 2.72 bits per heavy atom. The minimum absolute atomic E-state index is 0.0741. The predicted octanol–water partition coefficient (Wildman–Crippen LogP) is 2.36. The molecule has 0 atom stereocenters. The van der Waals surface area contributed by atoms with Gasteiger partial charge in [0.2, 0.25) is 11.8 Å². The molecule has 0 N–H and O–H groups in total. The first-order chi connectivity index (χ1) is 11.8. The fourth-order valence-electron chi connectivity index (χ4n) is 2.26. The highest BCUT2D eigenvalue weighted by atomic mass is 32.2. The van der Waals surface area contributed by atoms with Crippen molar-refractivity contribution in [3.05, 3.63) is 48.5 Å². The van der Waals surface area contributed by atoms with Crippen LogP contribution in [0.15, 0.2) is 42.9 Å². The van der Waals surface area contributed by atoms with Gasteiger partial charge in [0, 0.05) is 24.6 Å². The van der Waals surface area contributed by atoms with Gasteiger partial charge >= 0.3 is 0 Å². The van der Waals surface area contributed by atoms with E-state index in [-0.39, 0.29) is 18.4 Å². The van der Waals surface area contributed by atoms with Crippen molar-refractivity contribution in [1.82, 2.24) is 14.5 Å². The number of hydrogen-bond acceptors (Lipinski definition) is 7. The van der Waals surface area contributed by atoms with Gasteiger partial charge in [-0.15, -0.1) is 0 Å². The lowest BCUT2D eigenvalue weighted by Gasteiger charge is -2.07. The molecule has 130 valence electrons. The number of benzene rings is 1. The highest BCUT2D eigenvalue weighted by Crippen LogP contribution is 2.25. The zero-order valence-corrected chi connectivity index (χ0v) is 14.4. The van der Waals surface area contributed by atoms with Gasteiger partial charge in [-0.25, -0.2) is 9.97 Å². The van der Waals surface area contributed by atoms with Crippen molar-refractivity contribution < 1.29 is 22.1 Å². The summed E-state index contributed by atoms with van der Waals surface area (Å²) in [5, 5.41) is 0.849. The number of nitrogens with zero attached hydrogens (tertiary/aromatic N) is 3. The summed E-state index contributed by atoms with van der Waals surface area (Å²) in [5.41, 5.74) is 1.16. The molecule has 0 unspecified atom stereocenters. The standard InChI is InChI=1S/C16H15N3O5S/c1-11(20)19-6-5-12-7-14(3-4-15(12)19)24-16-8-13(17-10-18-16)9-23-25(2,21)22/h3-8,10H,9H2,1-2H3. The smallest absolute Gasteiger partial charge is 0.264 e. The number of hydrogen-bond donors (Lipinski definition) is 0. The summed E-state index contributed by atoms with van der Waals surface area (Å²) in [6.07, 6.45) is 3.93. The van der Waals surface area contributed by atoms with Crippen molar-refractivity contribution in [2.45, 2.75) is 13.5 Å². The maximum Gasteiger partial charge on any atom is 0.264 e. The van der Waals surface area contributed by atoms with Crippen molar-refractivity contribution in [3.8, 4) is 11.6 Å². The molecular weight excluding hydrogens is 346 g/mol. The summed E-state index contributed by atoms with van der Waals surface area (Å²) in [7, 11) is -3.55. The fourth-order valence-corrected chi connectivity index (χ4v) is 2.59. The molecular formula is C16H15N3O5S. The third kappa shape index (κ3) is 4.20. The van der Waals surface area contributed by atoms with E-state index in [4.69, 9.17) is 8.92 Å². The summed E-state index contributed by atoms with van der Waals surface area (Å²) in [6, 6.07) is 8.59. The summed E-state index contributed by atoms with van der Waals surface area (Å²) < 4.78 is 34.0. The van der Waals surface area contributed by atoms with Gasteiger partial charge in [0.05, 0.1) is 17.5 Å². The normalized spacial score (nSPS) is 11.6. The van der Waals surface area contributed by atoms with Gasteiger partial charge in [0.1, 0.15) is 18.7 Å². The molecule has 0 amide bonds. The summed E-state index contributed by atoms with van der Waals surface area (Å²) in [4.78, 5) is 19.5. The number of carbonyl (C=O) groups excluding carboxylic acids is 1. The average Bonchev–Trinajstić information content (AvgIpc) is 2.96. The lowest BCUT2D eigenvalue weighted by molar-refractivity contribution is 0.0941. The van der Waals surface area contributed by atoms with Crippen molar-refractivity contribution in [2.24, 2.45) is 0 Å². The van der Waals surface area contributed by atoms with E-state index < -0.39 is 10.1 Å². The van der Waals surface area contributed by atoms with Crippen LogP contribution in [0.3, 0.4) is 0 Å². The van der Waals surface area contributed by atoms with Crippen LogP contribution >= 0.6 is 0 Å². The minimum atomic E-state index is -3.55. The van der Waals surface area contributed by atoms with Gasteiger partial charge in [0.15, 0.2) is 0 Å². The summed E-state index contributed by atoms with van der Waals surface area (Å²) >= 11 is 0. The molecule has 0 aliphatic rings. The molecule has 3 rings (SSSR count). The van der Waals surface area contributed by atoms with Gasteiger partial charge < -0.3 is 4.74 Å². The predicted molar refractivity (Wildman–Crippen MR) is 90.0 cm³/mol. The van der Waals surface area contributed by atoms with E-state index in [1.165, 1.54) is 19.3 Å². The number of fused-ring (bicyclic) bond motifs is 1. The van der Waals surface area contributed by atoms with Crippen LogP contribution < -0.4 is 4.74 Å². The lowest BCUT2D eigenvalue weighted by Crippen LogP contribution is -2.04. The molecule has 3 aromatic rings. The van der Waals surface area contributed by atoms with Crippen LogP contribution in [0.2, 0.25) is 0 Å². The van der Waals surface area contributed by atoms with Crippen LogP contribution in [0.25, 0.3) is 10.9 Å². The second-order valence-electron chi connectivity index (χ2n) is 5.34. The molecule has 0 fully saturated rings. The van der Waals surface area contributed by atoms with Crippen molar-refractivity contribution in [2.75, 3.05) is 6.26 Å². The molecule has 8 nitrogen and oxygen atoms in total. The average molecular weight is 361 g/mol. The van der Waals surface area contributed by atoms with E-state index in [9.17, 15) is 13.2 Å². The topological polar surface area (TPSA) is 100 Å². The molecule has 0 bridgehead atoms. The van der Waals surface area contributed by atoms with E-state index in [1.54, 1.807) is 29.0 Å². The zero-order chi connectivity index (χ0) is 18.0. The Morgan fingerprint density at radius 1 is 1.20 bits per heavy atom. The monoisotopic (exact) mass is 361 g/mol. The van der Waals surface area contributed by atoms with Crippen LogP contribution in [0.1, 0.15) is 17.4 Å². The van der Waals surface area contributed by atoms with Crippen LogP contribution in [0.4, 0.5) is 0 Å². The second kappa shape index (κ2) is 6.61. The lowest BCUT2D eigenvalue weighted by atomic mass is 10.2. The first-order valence-corrected chi connectivity index (χ1v) is 9.09. The maximum atomic E-state index is 11.5. The Morgan fingerprint density at radius 2 is 2.00 bits per heavy atom. The Bertz CT molecular complexity index is 1040. The van der Waals surface area contributed by atoms with Crippen LogP contribution in [-0.4, -0.2) is 35.1 Å². The van der Waals surface area contributed by atoms with E-state index in [1.807, 2.05) is 6.07 Å². The first kappa shape index (κ1) is 17.1. The summed E-state index contributed by atoms with van der Waals surface area (Å²) in [5.74, 6) is 0.713. The van der Waals surface area contributed by atoms with E-state index >= 15 is 0 Å². The van der Waals surface area contributed by atoms with Crippen molar-refractivity contribution >= 4 is 26.9 Å². The molecule has 0 saturated carbocycles. The van der Waals surface area contributed by atoms with Crippen molar-refractivity contribution in [3.63, 3.8) is 0 Å². The third-order valence-electron chi connectivity index (χ3n) is 3.34. The van der Waals surface area contributed by atoms with Crippen LogP contribution in [0.5, 0.6) is 11.6 Å². The SMILES string of the molecule is CC(=O)n1ccc2cc(Oc3cc(COS(C)(=O)=O)ncn3)ccc21. The van der Waals surface area contributed by atoms with E-state index in [0.717, 1.165) is 17.2 Å². The molecule has 0 aliphatic heterocycles. The summed E-state index contributed by atoms with van der Waals surface area (Å²) in [6.45, 7) is 1.29. The Kier molecular flexibility index (Phi) is 4.51. The Balaban J connectivity index is 1.80. The first-order valence-electron chi connectivity index (χ1n) is 7.27. The molecule has 2 heterocycles.